The molecule has 0 aliphatic carbocycles. The average molecular weight is 1310 g/mol. The first-order valence-electron chi connectivity index (χ1n) is 31.7. The summed E-state index contributed by atoms with van der Waals surface area (Å²) in [5.74, 6) is -6.86. The van der Waals surface area contributed by atoms with Crippen molar-refractivity contribution in [1.29, 1.82) is 0 Å². The number of aliphatic hydroxyl groups excluding tert-OH is 2. The number of amides is 2. The minimum Gasteiger partial charge on any atom is -0.496 e. The first-order chi connectivity index (χ1) is 42.7. The Balaban J connectivity index is 0.967. The van der Waals surface area contributed by atoms with Crippen LogP contribution in [0.4, 0.5) is 0 Å². The number of nitrogens with zero attached hydrogens (tertiary/aromatic N) is 2. The summed E-state index contributed by atoms with van der Waals surface area (Å²) < 4.78 is 76.9. The third-order valence-corrected chi connectivity index (χ3v) is 20.1. The van der Waals surface area contributed by atoms with Gasteiger partial charge in [-0.15, -0.1) is 11.8 Å². The Kier molecular flexibility index (Phi) is 27.0. The number of likely N-dealkylation sites (N-methyl/N-ethyl adjacent to an activating group) is 1. The van der Waals surface area contributed by atoms with Crippen LogP contribution >= 0.6 is 11.8 Å². The van der Waals surface area contributed by atoms with Gasteiger partial charge in [-0.3, -0.25) is 24.0 Å². The molecule has 6 rings (SSSR count). The lowest BCUT2D eigenvalue weighted by atomic mass is 9.74. The predicted molar refractivity (Wildman–Crippen MR) is 330 cm³/mol. The van der Waals surface area contributed by atoms with Gasteiger partial charge in [-0.05, 0) is 107 Å². The normalized spacial score (nSPS) is 37.2. The first-order valence-corrected chi connectivity index (χ1v) is 32.6. The highest BCUT2D eigenvalue weighted by atomic mass is 32.2. The van der Waals surface area contributed by atoms with Crippen LogP contribution in [0.15, 0.2) is 18.2 Å². The number of cyclic esters (lactones) is 1. The van der Waals surface area contributed by atoms with Crippen LogP contribution in [0.3, 0.4) is 0 Å². The zero-order valence-electron chi connectivity index (χ0n) is 56.2. The zero-order valence-corrected chi connectivity index (χ0v) is 57.0. The molecule has 26 nitrogen and oxygen atoms in total. The molecule has 5 aliphatic rings. The molecule has 0 radical (unpaired) electrons. The van der Waals surface area contributed by atoms with E-state index in [0.717, 1.165) is 0 Å². The minimum absolute atomic E-state index is 0.00746. The van der Waals surface area contributed by atoms with Crippen LogP contribution < -0.4 is 14.8 Å². The number of rotatable bonds is 26. The molecular formula is C64H103N3O23S. The molecule has 1 aromatic rings. The Morgan fingerprint density at radius 2 is 1.41 bits per heavy atom. The van der Waals surface area contributed by atoms with E-state index < -0.39 is 153 Å². The maximum absolute atomic E-state index is 14.5. The van der Waals surface area contributed by atoms with Crippen molar-refractivity contribution in [3.63, 3.8) is 0 Å². The van der Waals surface area contributed by atoms with E-state index in [2.05, 4.69) is 5.32 Å². The maximum Gasteiger partial charge on any atom is 0.330 e. The molecule has 0 aromatic heterocycles. The van der Waals surface area contributed by atoms with Crippen LogP contribution in [-0.4, -0.2) is 254 Å². The zero-order chi connectivity index (χ0) is 67.7. The Labute approximate surface area is 539 Å². The van der Waals surface area contributed by atoms with Crippen LogP contribution in [0.25, 0.3) is 0 Å². The molecule has 0 spiro atoms. The number of methoxy groups -OCH3 is 3. The van der Waals surface area contributed by atoms with Gasteiger partial charge < -0.3 is 97.1 Å². The third kappa shape index (κ3) is 17.8. The second kappa shape index (κ2) is 32.4. The number of ether oxygens (including phenoxy) is 13. The first kappa shape index (κ1) is 75.7. The molecule has 5 aliphatic heterocycles. The third-order valence-electron chi connectivity index (χ3n) is 18.5. The number of nitrogens with one attached hydrogen (secondary N) is 1. The smallest absolute Gasteiger partial charge is 0.330 e. The van der Waals surface area contributed by atoms with Gasteiger partial charge in [0.2, 0.25) is 5.91 Å². The largest absolute Gasteiger partial charge is 0.496 e. The quantitative estimate of drug-likeness (QED) is 0.0383. The number of benzene rings is 1. The summed E-state index contributed by atoms with van der Waals surface area (Å²) in [6.07, 6.45) is -10.4. The molecule has 91 heavy (non-hydrogen) atoms. The monoisotopic (exact) mass is 1310 g/mol. The van der Waals surface area contributed by atoms with Crippen LogP contribution in [-0.2, 0) is 76.1 Å². The van der Waals surface area contributed by atoms with Crippen LogP contribution in [0.2, 0.25) is 0 Å². The number of Topliss-reactive ketones (excluding diaryl/α,β-unsaturated/α-hetero) is 1. The van der Waals surface area contributed by atoms with Crippen molar-refractivity contribution >= 4 is 47.3 Å². The van der Waals surface area contributed by atoms with Gasteiger partial charge in [0.25, 0.3) is 5.91 Å². The molecule has 2 amide bonds. The van der Waals surface area contributed by atoms with E-state index in [9.17, 15) is 49.2 Å². The second-order valence-electron chi connectivity index (χ2n) is 26.3. The standard InChI is InChI=1S/C64H103N3O23S/c1-18-43-64(12,77)52(71)36(4)48(69)34(2)32-62(10,76)53(90-60-49(70)40(66(13)14)31-35(3)85-60)37(5)50(38(6)58(74)87-43)89-45-33-63(11,80-17)54(39(7)86-45)88-44(68)23-20-24-81-25-26-82-27-28-83-29-30-84-59(75)51-61(8,9)91-57-47(56(73)67(51)57)65-55(72)46-41(78-15)21-19-22-42(46)79-16/h19,21-22,34-40,43,45,47,49-54,57,60,70-71,76-77H,18,20,23-33H2,1-17H3,(H,65,72)/t34-,35-,36+,37+,38-,39+,40+,43-,45?,47?,49-,50?,51?,52-,53-,54+,57?,60?,62+,63-,64-/m1/s1. The average Bonchev–Trinajstić information content (AvgIpc) is 1.59. The molecule has 5 fully saturated rings. The summed E-state index contributed by atoms with van der Waals surface area (Å²) in [5.41, 5.74) is -4.99. The van der Waals surface area contributed by atoms with E-state index in [1.54, 1.807) is 59.7 Å². The van der Waals surface area contributed by atoms with Gasteiger partial charge in [0, 0.05) is 55.1 Å². The molecular weight excluding hydrogens is 1210 g/mol. The SMILES string of the molecule is CC[C@H]1OC(=O)[C@H](C)C(OC2C[C@@](C)(OC)[C@@H](OC(=O)CCCOCCOCCOCCOC(=O)C3N4C(=O)C(NC(=O)c5c(OC)cccc5OC)C4SC3(C)C)[C@H](C)O2)[C@H](C)[C@@H](OC2O[C@H](C)C[C@H](N(C)C)[C@H]2O)[C@@](C)(O)C[C@@H](C)C(=O)[C@H](C)[C@@H](O)[C@]1(C)O. The number of aliphatic hydroxyl groups is 4. The highest BCUT2D eigenvalue weighted by Gasteiger charge is 2.65. The number of hydrogen-bond donors (Lipinski definition) is 5. The lowest BCUT2D eigenvalue weighted by molar-refractivity contribution is -0.318. The maximum atomic E-state index is 14.5. The number of carbonyl (C=O) groups excluding carboxylic acids is 6. The molecule has 5 N–H and O–H groups in total. The fraction of sp³-hybridized carbons (Fsp3) is 0.812. The molecule has 0 saturated carbocycles. The van der Waals surface area contributed by atoms with E-state index in [1.165, 1.54) is 58.8 Å². The fourth-order valence-electron chi connectivity index (χ4n) is 13.4. The summed E-state index contributed by atoms with van der Waals surface area (Å²) in [5, 5.41) is 50.0. The van der Waals surface area contributed by atoms with Crippen molar-refractivity contribution in [2.45, 2.75) is 228 Å². The van der Waals surface area contributed by atoms with E-state index >= 15 is 0 Å². The van der Waals surface area contributed by atoms with E-state index in [4.69, 9.17) is 61.6 Å². The molecule has 0 bridgehead atoms. The van der Waals surface area contributed by atoms with E-state index in [0.29, 0.717) is 24.3 Å². The van der Waals surface area contributed by atoms with Gasteiger partial charge in [0.05, 0.1) is 89.3 Å². The lowest BCUT2D eigenvalue weighted by Crippen LogP contribution is -2.70. The number of ketones is 1. The highest BCUT2D eigenvalue weighted by Crippen LogP contribution is 2.51. The van der Waals surface area contributed by atoms with Crippen molar-refractivity contribution in [1.82, 2.24) is 15.1 Å². The number of β-lactam (4-membered cyclic amide) rings is 1. The topological polar surface area (TPSA) is 322 Å². The van der Waals surface area contributed by atoms with Gasteiger partial charge in [0.1, 0.15) is 70.3 Å². The second-order valence-corrected chi connectivity index (χ2v) is 28.1. The van der Waals surface area contributed by atoms with Crippen molar-refractivity contribution in [3.8, 4) is 11.5 Å². The highest BCUT2D eigenvalue weighted by molar-refractivity contribution is 8.01. The lowest BCUT2D eigenvalue weighted by Gasteiger charge is -2.49. The van der Waals surface area contributed by atoms with Crippen molar-refractivity contribution in [2.75, 3.05) is 81.7 Å². The molecule has 21 atom stereocenters. The molecule has 5 saturated heterocycles. The summed E-state index contributed by atoms with van der Waals surface area (Å²) in [4.78, 5) is 85.4. The summed E-state index contributed by atoms with van der Waals surface area (Å²) in [7, 11) is 8.00. The summed E-state index contributed by atoms with van der Waals surface area (Å²) in [6, 6.07) is 2.80. The summed E-state index contributed by atoms with van der Waals surface area (Å²) in [6.45, 7) is 21.1. The van der Waals surface area contributed by atoms with Gasteiger partial charge in [0.15, 0.2) is 18.7 Å². The molecule has 518 valence electrons. The van der Waals surface area contributed by atoms with Crippen molar-refractivity contribution < 1.29 is 111 Å². The Bertz CT molecular complexity index is 2590. The molecule has 6 unspecified atom stereocenters. The fourth-order valence-corrected chi connectivity index (χ4v) is 15.0. The Hall–Kier alpha value is -4.33. The Morgan fingerprint density at radius 3 is 1.99 bits per heavy atom. The van der Waals surface area contributed by atoms with Crippen LogP contribution in [0.1, 0.15) is 132 Å². The number of carbonyl (C=O) groups is 6. The number of fused-ring (bicyclic) bond motifs is 1. The predicted octanol–water partition coefficient (Wildman–Crippen LogP) is 3.59. The van der Waals surface area contributed by atoms with Gasteiger partial charge >= 0.3 is 17.9 Å². The molecule has 1 aromatic carbocycles. The molecule has 27 heteroatoms. The Morgan fingerprint density at radius 1 is 0.802 bits per heavy atom. The van der Waals surface area contributed by atoms with Crippen molar-refractivity contribution in [3.05, 3.63) is 23.8 Å². The number of thioether (sulfide) groups is 1. The van der Waals surface area contributed by atoms with E-state index in [1.807, 2.05) is 39.8 Å². The van der Waals surface area contributed by atoms with Crippen molar-refractivity contribution in [2.24, 2.45) is 23.7 Å². The van der Waals surface area contributed by atoms with Gasteiger partial charge in [-0.2, -0.15) is 0 Å². The number of hydrogen-bond acceptors (Lipinski definition) is 25. The van der Waals surface area contributed by atoms with Crippen LogP contribution in [0, 0.1) is 23.7 Å². The molecule has 5 heterocycles. The van der Waals surface area contributed by atoms with Gasteiger partial charge in [-0.25, -0.2) is 4.79 Å². The van der Waals surface area contributed by atoms with E-state index in [-0.39, 0.29) is 89.6 Å². The summed E-state index contributed by atoms with van der Waals surface area (Å²) >= 11 is 1.40. The van der Waals surface area contributed by atoms with Gasteiger partial charge in [-0.1, -0.05) is 33.8 Å². The number of esters is 3. The minimum atomic E-state index is -2.07. The van der Waals surface area contributed by atoms with Crippen LogP contribution in [0.5, 0.6) is 11.5 Å².